The van der Waals surface area contributed by atoms with Crippen LogP contribution in [0.2, 0.25) is 0 Å². The van der Waals surface area contributed by atoms with Crippen LogP contribution in [-0.4, -0.2) is 17.4 Å². The zero-order valence-corrected chi connectivity index (χ0v) is 13.5. The van der Waals surface area contributed by atoms with E-state index in [1.807, 2.05) is 44.2 Å². The summed E-state index contributed by atoms with van der Waals surface area (Å²) in [5, 5.41) is 14.3. The molecule has 0 saturated carbocycles. The second kappa shape index (κ2) is 6.16. The molecular formula is C19H19NO3. The predicted molar refractivity (Wildman–Crippen MR) is 89.7 cm³/mol. The summed E-state index contributed by atoms with van der Waals surface area (Å²) in [6.07, 6.45) is 2.47. The average Bonchev–Trinajstić information content (AvgIpc) is 3.04. The molecule has 0 amide bonds. The lowest BCUT2D eigenvalue weighted by Crippen LogP contribution is -1.92. The number of hydrogen-bond acceptors (Lipinski definition) is 4. The van der Waals surface area contributed by atoms with Crippen molar-refractivity contribution in [2.75, 3.05) is 7.11 Å². The number of benzene rings is 2. The minimum Gasteiger partial charge on any atom is -0.507 e. The quantitative estimate of drug-likeness (QED) is 0.765. The molecule has 0 unspecified atom stereocenters. The van der Waals surface area contributed by atoms with Crippen LogP contribution in [0.3, 0.4) is 0 Å². The molecule has 0 fully saturated rings. The first kappa shape index (κ1) is 15.2. The van der Waals surface area contributed by atoms with Gasteiger partial charge in [-0.25, -0.2) is 0 Å². The molecule has 1 N–H and O–H groups in total. The van der Waals surface area contributed by atoms with E-state index in [2.05, 4.69) is 5.16 Å². The summed E-state index contributed by atoms with van der Waals surface area (Å²) in [6.45, 7) is 4.08. The lowest BCUT2D eigenvalue weighted by Gasteiger charge is -2.11. The number of methoxy groups -OCH3 is 1. The van der Waals surface area contributed by atoms with Gasteiger partial charge in [-0.05, 0) is 30.5 Å². The van der Waals surface area contributed by atoms with Crippen molar-refractivity contribution in [3.8, 4) is 33.9 Å². The van der Waals surface area contributed by atoms with Gasteiger partial charge < -0.3 is 14.4 Å². The third-order valence-electron chi connectivity index (χ3n) is 3.96. The second-order valence-corrected chi connectivity index (χ2v) is 5.47. The summed E-state index contributed by atoms with van der Waals surface area (Å²) in [4.78, 5) is 0. The van der Waals surface area contributed by atoms with Crippen molar-refractivity contribution in [2.45, 2.75) is 20.3 Å². The Kier molecular flexibility index (Phi) is 4.06. The van der Waals surface area contributed by atoms with Gasteiger partial charge in [0.05, 0.1) is 18.9 Å². The van der Waals surface area contributed by atoms with Crippen LogP contribution < -0.4 is 4.74 Å². The molecule has 4 nitrogen and oxygen atoms in total. The van der Waals surface area contributed by atoms with Gasteiger partial charge in [-0.2, -0.15) is 0 Å². The number of ether oxygens (including phenoxy) is 1. The smallest absolute Gasteiger partial charge is 0.178 e. The molecule has 3 rings (SSSR count). The van der Waals surface area contributed by atoms with Crippen LogP contribution in [0.4, 0.5) is 0 Å². The van der Waals surface area contributed by atoms with E-state index in [0.717, 1.165) is 23.1 Å². The fraction of sp³-hybridized carbons (Fsp3) is 0.211. The van der Waals surface area contributed by atoms with Crippen LogP contribution >= 0.6 is 0 Å². The molecule has 1 aromatic heterocycles. The van der Waals surface area contributed by atoms with Crippen LogP contribution in [0.15, 0.2) is 47.1 Å². The van der Waals surface area contributed by atoms with Crippen molar-refractivity contribution in [1.82, 2.24) is 5.16 Å². The number of phenolic OH excluding ortho intramolecular Hbond substituents is 1. The van der Waals surface area contributed by atoms with Gasteiger partial charge in [0.15, 0.2) is 5.76 Å². The van der Waals surface area contributed by atoms with Gasteiger partial charge in [-0.15, -0.1) is 0 Å². The van der Waals surface area contributed by atoms with Crippen molar-refractivity contribution < 1.29 is 14.4 Å². The van der Waals surface area contributed by atoms with Crippen molar-refractivity contribution in [1.29, 1.82) is 0 Å². The minimum atomic E-state index is 0.115. The monoisotopic (exact) mass is 309 g/mol. The molecule has 1 heterocycles. The normalized spacial score (nSPS) is 10.7. The summed E-state index contributed by atoms with van der Waals surface area (Å²) in [5.74, 6) is 1.35. The maximum absolute atomic E-state index is 10.4. The summed E-state index contributed by atoms with van der Waals surface area (Å²) in [6, 6.07) is 11.6. The number of aryl methyl sites for hydroxylation is 2. The molecular weight excluding hydrogens is 290 g/mol. The first-order valence-corrected chi connectivity index (χ1v) is 7.56. The Bertz CT molecular complexity index is 819. The lowest BCUT2D eigenvalue weighted by atomic mass is 9.98. The molecule has 0 aliphatic carbocycles. The average molecular weight is 309 g/mol. The first-order chi connectivity index (χ1) is 11.1. The van der Waals surface area contributed by atoms with Gasteiger partial charge in [-0.3, -0.25) is 0 Å². The van der Waals surface area contributed by atoms with Crippen molar-refractivity contribution in [3.63, 3.8) is 0 Å². The van der Waals surface area contributed by atoms with Crippen molar-refractivity contribution >= 4 is 0 Å². The molecule has 0 radical (unpaired) electrons. The molecule has 2 aromatic carbocycles. The van der Waals surface area contributed by atoms with E-state index in [0.29, 0.717) is 17.1 Å². The number of aromatic nitrogens is 1. The Balaban J connectivity index is 2.13. The Morgan fingerprint density at radius 2 is 1.87 bits per heavy atom. The molecule has 23 heavy (non-hydrogen) atoms. The highest BCUT2D eigenvalue weighted by atomic mass is 16.5. The van der Waals surface area contributed by atoms with E-state index < -0.39 is 0 Å². The van der Waals surface area contributed by atoms with E-state index >= 15 is 0 Å². The van der Waals surface area contributed by atoms with Crippen LogP contribution in [0.5, 0.6) is 11.5 Å². The standard InChI is InChI=1S/C19H19NO3/c1-4-13-9-15(17(21)10-18(13)22-3)19-16(11-20-23-19)14-7-5-12(2)6-8-14/h5-11,21H,4H2,1-3H3. The van der Waals surface area contributed by atoms with Gasteiger partial charge in [0, 0.05) is 11.6 Å². The number of rotatable bonds is 4. The zero-order valence-electron chi connectivity index (χ0n) is 13.5. The van der Waals surface area contributed by atoms with Gasteiger partial charge in [0.2, 0.25) is 0 Å². The van der Waals surface area contributed by atoms with E-state index in [9.17, 15) is 5.11 Å². The molecule has 0 aliphatic rings. The largest absolute Gasteiger partial charge is 0.507 e. The SMILES string of the molecule is CCc1cc(-c2oncc2-c2ccc(C)cc2)c(O)cc1OC. The Hall–Kier alpha value is -2.75. The highest BCUT2D eigenvalue weighted by molar-refractivity contribution is 5.82. The van der Waals surface area contributed by atoms with Crippen LogP contribution in [0.25, 0.3) is 22.5 Å². The van der Waals surface area contributed by atoms with Gasteiger partial charge in [0.1, 0.15) is 11.5 Å². The summed E-state index contributed by atoms with van der Waals surface area (Å²) >= 11 is 0. The Morgan fingerprint density at radius 3 is 2.52 bits per heavy atom. The van der Waals surface area contributed by atoms with Gasteiger partial charge in [0.25, 0.3) is 0 Å². The predicted octanol–water partition coefficient (Wildman–Crippen LogP) is 4.59. The van der Waals surface area contributed by atoms with Gasteiger partial charge in [-0.1, -0.05) is 41.9 Å². The summed E-state index contributed by atoms with van der Waals surface area (Å²) in [5.41, 5.74) is 4.67. The van der Waals surface area contributed by atoms with Crippen LogP contribution in [-0.2, 0) is 6.42 Å². The molecule has 0 spiro atoms. The van der Waals surface area contributed by atoms with Crippen molar-refractivity contribution in [2.24, 2.45) is 0 Å². The van der Waals surface area contributed by atoms with Gasteiger partial charge >= 0.3 is 0 Å². The Morgan fingerprint density at radius 1 is 1.13 bits per heavy atom. The third-order valence-corrected chi connectivity index (χ3v) is 3.96. The highest BCUT2D eigenvalue weighted by Gasteiger charge is 2.18. The van der Waals surface area contributed by atoms with E-state index in [1.54, 1.807) is 19.4 Å². The molecule has 0 bridgehead atoms. The topological polar surface area (TPSA) is 55.5 Å². The van der Waals surface area contributed by atoms with Crippen LogP contribution in [0, 0.1) is 6.92 Å². The molecule has 3 aromatic rings. The van der Waals surface area contributed by atoms with E-state index in [1.165, 1.54) is 5.56 Å². The van der Waals surface area contributed by atoms with E-state index in [4.69, 9.17) is 9.26 Å². The number of phenols is 1. The molecule has 0 atom stereocenters. The third kappa shape index (κ3) is 2.80. The fourth-order valence-corrected chi connectivity index (χ4v) is 2.63. The highest BCUT2D eigenvalue weighted by Crippen LogP contribution is 2.40. The molecule has 118 valence electrons. The summed E-state index contributed by atoms with van der Waals surface area (Å²) < 4.78 is 10.7. The first-order valence-electron chi connectivity index (χ1n) is 7.56. The Labute approximate surface area is 135 Å². The molecule has 4 heteroatoms. The fourth-order valence-electron chi connectivity index (χ4n) is 2.63. The maximum atomic E-state index is 10.4. The number of nitrogens with zero attached hydrogens (tertiary/aromatic N) is 1. The maximum Gasteiger partial charge on any atom is 0.178 e. The zero-order chi connectivity index (χ0) is 16.4. The molecule has 0 aliphatic heterocycles. The summed E-state index contributed by atoms with van der Waals surface area (Å²) in [7, 11) is 1.60. The van der Waals surface area contributed by atoms with Crippen LogP contribution in [0.1, 0.15) is 18.1 Å². The minimum absolute atomic E-state index is 0.115. The van der Waals surface area contributed by atoms with E-state index in [-0.39, 0.29) is 5.75 Å². The lowest BCUT2D eigenvalue weighted by molar-refractivity contribution is 0.401. The number of aromatic hydroxyl groups is 1. The second-order valence-electron chi connectivity index (χ2n) is 5.47. The molecule has 0 saturated heterocycles. The number of hydrogen-bond donors (Lipinski definition) is 1. The van der Waals surface area contributed by atoms with Crippen molar-refractivity contribution in [3.05, 3.63) is 53.7 Å².